The maximum Gasteiger partial charge on any atom is 0.288 e. The van der Waals surface area contributed by atoms with Gasteiger partial charge in [0.2, 0.25) is 0 Å². The van der Waals surface area contributed by atoms with Gasteiger partial charge in [0.1, 0.15) is 5.02 Å². The fraction of sp³-hybridized carbons (Fsp3) is 0.167. The molecule has 28 heavy (non-hydrogen) atoms. The lowest BCUT2D eigenvalue weighted by Gasteiger charge is -2.28. The van der Waals surface area contributed by atoms with Crippen LogP contribution < -0.4 is 4.90 Å². The Kier molecular flexibility index (Phi) is 5.47. The number of carbonyl (C=O) groups excluding carboxylic acids is 1. The minimum Gasteiger partial charge on any atom is -0.300 e. The number of anilines is 1. The third-order valence-corrected chi connectivity index (χ3v) is 6.39. The molecule has 146 valence electrons. The van der Waals surface area contributed by atoms with Gasteiger partial charge in [-0.05, 0) is 42.8 Å². The highest BCUT2D eigenvalue weighted by Gasteiger charge is 2.33. The van der Waals surface area contributed by atoms with Crippen LogP contribution in [0.1, 0.15) is 15.9 Å². The van der Waals surface area contributed by atoms with Crippen LogP contribution in [0.15, 0.2) is 47.9 Å². The van der Waals surface area contributed by atoms with Crippen LogP contribution in [0, 0.1) is 17.0 Å². The Hall–Kier alpha value is -2.42. The van der Waals surface area contributed by atoms with Crippen LogP contribution >= 0.6 is 23.2 Å². The van der Waals surface area contributed by atoms with E-state index < -0.39 is 32.4 Å². The number of rotatable bonds is 4. The molecule has 7 nitrogen and oxygen atoms in total. The van der Waals surface area contributed by atoms with Crippen LogP contribution in [0.3, 0.4) is 0 Å². The Morgan fingerprint density at radius 2 is 1.89 bits per heavy atom. The second kappa shape index (κ2) is 7.54. The Labute approximate surface area is 171 Å². The lowest BCUT2D eigenvalue weighted by molar-refractivity contribution is -0.384. The number of benzene rings is 2. The second-order valence-corrected chi connectivity index (χ2v) is 9.00. The number of nitro groups is 1. The largest absolute Gasteiger partial charge is 0.300 e. The molecule has 0 saturated carbocycles. The molecule has 0 aliphatic carbocycles. The van der Waals surface area contributed by atoms with Gasteiger partial charge >= 0.3 is 0 Å². The summed E-state index contributed by atoms with van der Waals surface area (Å²) < 4.78 is 23.8. The van der Waals surface area contributed by atoms with Gasteiger partial charge in [0, 0.05) is 27.7 Å². The topological polar surface area (TPSA) is 97.6 Å². The van der Waals surface area contributed by atoms with Gasteiger partial charge in [-0.1, -0.05) is 29.3 Å². The molecule has 0 bridgehead atoms. The van der Waals surface area contributed by atoms with E-state index in [4.69, 9.17) is 23.2 Å². The Bertz CT molecular complexity index is 1110. The zero-order valence-electron chi connectivity index (χ0n) is 14.5. The molecule has 0 saturated heterocycles. The van der Waals surface area contributed by atoms with Gasteiger partial charge in [-0.2, -0.15) is 0 Å². The molecule has 0 spiro atoms. The summed E-state index contributed by atoms with van der Waals surface area (Å²) in [7, 11) is -3.45. The summed E-state index contributed by atoms with van der Waals surface area (Å²) in [4.78, 5) is 24.9. The summed E-state index contributed by atoms with van der Waals surface area (Å²) in [5.74, 6) is -0.897. The molecule has 1 aliphatic heterocycles. The van der Waals surface area contributed by atoms with E-state index in [2.05, 4.69) is 0 Å². The summed E-state index contributed by atoms with van der Waals surface area (Å²) >= 11 is 12.0. The maximum absolute atomic E-state index is 13.2. The van der Waals surface area contributed by atoms with E-state index in [0.717, 1.165) is 17.0 Å². The first-order valence-corrected chi connectivity index (χ1v) is 10.5. The predicted molar refractivity (Wildman–Crippen MR) is 108 cm³/mol. The van der Waals surface area contributed by atoms with Crippen LogP contribution in [0.5, 0.6) is 0 Å². The van der Waals surface area contributed by atoms with Crippen molar-refractivity contribution in [1.29, 1.82) is 0 Å². The van der Waals surface area contributed by atoms with Crippen molar-refractivity contribution in [3.63, 3.8) is 0 Å². The summed E-state index contributed by atoms with van der Waals surface area (Å²) in [6, 6.07) is 7.81. The van der Waals surface area contributed by atoms with Crippen LogP contribution in [0.25, 0.3) is 0 Å². The number of hydrogen-bond donors (Lipinski definition) is 0. The number of amides is 1. The Morgan fingerprint density at radius 1 is 1.18 bits per heavy atom. The molecule has 0 N–H and O–H groups in total. The molecule has 1 atom stereocenters. The molecule has 1 heterocycles. The summed E-state index contributed by atoms with van der Waals surface area (Å²) in [5.41, 5.74) is 0.758. The molecule has 3 rings (SSSR count). The number of carbonyl (C=O) groups is 1. The molecule has 10 heteroatoms. The smallest absolute Gasteiger partial charge is 0.288 e. The van der Waals surface area contributed by atoms with Crippen molar-refractivity contribution >= 4 is 50.3 Å². The van der Waals surface area contributed by atoms with Gasteiger partial charge in [0.25, 0.3) is 11.6 Å². The third-order valence-electron chi connectivity index (χ3n) is 4.28. The molecule has 0 aromatic heterocycles. The fourth-order valence-corrected chi connectivity index (χ4v) is 4.47. The zero-order chi connectivity index (χ0) is 20.6. The van der Waals surface area contributed by atoms with Crippen molar-refractivity contribution in [2.45, 2.75) is 13.0 Å². The normalized spacial score (nSPS) is 17.5. The first kappa shape index (κ1) is 20.3. The van der Waals surface area contributed by atoms with E-state index >= 15 is 0 Å². The Balaban J connectivity index is 2.10. The number of hydrogen-bond acceptors (Lipinski definition) is 5. The highest BCUT2D eigenvalue weighted by atomic mass is 35.5. The van der Waals surface area contributed by atoms with E-state index in [1.807, 2.05) is 0 Å². The van der Waals surface area contributed by atoms with Crippen molar-refractivity contribution < 1.29 is 18.1 Å². The van der Waals surface area contributed by atoms with Gasteiger partial charge in [0.15, 0.2) is 9.84 Å². The quantitative estimate of drug-likeness (QED) is 0.524. The van der Waals surface area contributed by atoms with Crippen LogP contribution in [0.4, 0.5) is 11.4 Å². The number of aryl methyl sites for hydroxylation is 1. The lowest BCUT2D eigenvalue weighted by Crippen LogP contribution is -2.41. The van der Waals surface area contributed by atoms with Crippen LogP contribution in [-0.4, -0.2) is 31.0 Å². The molecule has 2 aromatic carbocycles. The van der Waals surface area contributed by atoms with Gasteiger partial charge in [-0.25, -0.2) is 8.42 Å². The molecule has 1 aliphatic rings. The van der Waals surface area contributed by atoms with Crippen molar-refractivity contribution in [3.05, 3.63) is 79.2 Å². The van der Waals surface area contributed by atoms with E-state index in [0.29, 0.717) is 10.7 Å². The lowest BCUT2D eigenvalue weighted by atomic mass is 10.1. The SMILES string of the molecule is Cc1ccc(N(C(=O)c2ccc(Cl)c([N+](=O)[O-])c2)C2C=CS(=O)(=O)C2)cc1Cl. The first-order chi connectivity index (χ1) is 13.1. The zero-order valence-corrected chi connectivity index (χ0v) is 16.8. The average molecular weight is 441 g/mol. The highest BCUT2D eigenvalue weighted by Crippen LogP contribution is 2.31. The van der Waals surface area contributed by atoms with E-state index in [9.17, 15) is 23.3 Å². The monoisotopic (exact) mass is 440 g/mol. The van der Waals surface area contributed by atoms with Crippen molar-refractivity contribution in [2.75, 3.05) is 10.7 Å². The third kappa shape index (κ3) is 4.04. The predicted octanol–water partition coefficient (Wildman–Crippen LogP) is 4.17. The number of nitro benzene ring substituents is 1. The second-order valence-electron chi connectivity index (χ2n) is 6.26. The number of halogens is 2. The molecular formula is C18H14Cl2N2O5S. The highest BCUT2D eigenvalue weighted by molar-refractivity contribution is 7.94. The van der Waals surface area contributed by atoms with Crippen molar-refractivity contribution in [1.82, 2.24) is 0 Å². The van der Waals surface area contributed by atoms with Crippen molar-refractivity contribution in [2.24, 2.45) is 0 Å². The van der Waals surface area contributed by atoms with Crippen molar-refractivity contribution in [3.8, 4) is 0 Å². The minimum atomic E-state index is -3.45. The van der Waals surface area contributed by atoms with Crippen LogP contribution in [0.2, 0.25) is 10.0 Å². The van der Waals surface area contributed by atoms with E-state index in [1.165, 1.54) is 23.1 Å². The molecule has 0 fully saturated rings. The molecule has 1 amide bonds. The summed E-state index contributed by atoms with van der Waals surface area (Å²) in [6.45, 7) is 1.79. The standard InChI is InChI=1S/C18H14Cl2N2O5S/c1-11-2-4-13(9-16(11)20)21(14-6-7-28(26,27)10-14)18(23)12-3-5-15(19)17(8-12)22(24)25/h2-9,14H,10H2,1H3. The van der Waals surface area contributed by atoms with E-state index in [1.54, 1.807) is 25.1 Å². The van der Waals surface area contributed by atoms with E-state index in [-0.39, 0.29) is 16.3 Å². The number of nitrogens with zero attached hydrogens (tertiary/aromatic N) is 2. The molecule has 1 unspecified atom stereocenters. The molecule has 0 radical (unpaired) electrons. The first-order valence-electron chi connectivity index (χ1n) is 8.03. The molecular weight excluding hydrogens is 427 g/mol. The van der Waals surface area contributed by atoms with Gasteiger partial charge in [0.05, 0.1) is 16.7 Å². The maximum atomic E-state index is 13.2. The molecule has 2 aromatic rings. The van der Waals surface area contributed by atoms with Gasteiger partial charge in [-0.15, -0.1) is 0 Å². The van der Waals surface area contributed by atoms with Crippen LogP contribution in [-0.2, 0) is 9.84 Å². The fourth-order valence-electron chi connectivity index (χ4n) is 2.84. The summed E-state index contributed by atoms with van der Waals surface area (Å²) in [5, 5.41) is 12.5. The summed E-state index contributed by atoms with van der Waals surface area (Å²) in [6.07, 6.45) is 1.41. The van der Waals surface area contributed by atoms with Gasteiger partial charge < -0.3 is 4.90 Å². The average Bonchev–Trinajstić information content (AvgIpc) is 2.97. The number of sulfone groups is 1. The Morgan fingerprint density at radius 3 is 2.46 bits per heavy atom. The minimum absolute atomic E-state index is 0.00509. The van der Waals surface area contributed by atoms with Gasteiger partial charge in [-0.3, -0.25) is 14.9 Å².